The van der Waals surface area contributed by atoms with Gasteiger partial charge in [0, 0.05) is 11.8 Å². The van der Waals surface area contributed by atoms with Crippen molar-refractivity contribution in [1.29, 1.82) is 0 Å². The molecule has 1 saturated heterocycles. The van der Waals surface area contributed by atoms with Gasteiger partial charge in [-0.05, 0) is 41.0 Å². The Labute approximate surface area is 166 Å². The topological polar surface area (TPSA) is 104 Å². The summed E-state index contributed by atoms with van der Waals surface area (Å²) in [6.45, 7) is 0.235. The highest BCUT2D eigenvalue weighted by atomic mass is 16.7. The minimum absolute atomic E-state index is 0.0989. The fraction of sp³-hybridized carbons (Fsp3) is 0.381. The van der Waals surface area contributed by atoms with Crippen molar-refractivity contribution in [2.75, 3.05) is 27.6 Å². The lowest BCUT2D eigenvalue weighted by Gasteiger charge is -2.36. The first-order valence-corrected chi connectivity index (χ1v) is 9.26. The Kier molecular flexibility index (Phi) is 3.99. The normalized spacial score (nSPS) is 26.5. The molecule has 1 fully saturated rings. The second-order valence-electron chi connectivity index (χ2n) is 7.35. The summed E-state index contributed by atoms with van der Waals surface area (Å²) in [5.41, 5.74) is 2.04. The summed E-state index contributed by atoms with van der Waals surface area (Å²) in [4.78, 5) is 12.6. The minimum Gasteiger partial charge on any atom is -0.504 e. The van der Waals surface area contributed by atoms with Crippen LogP contribution in [0.4, 0.5) is 0 Å². The van der Waals surface area contributed by atoms with E-state index in [2.05, 4.69) is 0 Å². The Morgan fingerprint density at radius 1 is 1.00 bits per heavy atom. The van der Waals surface area contributed by atoms with E-state index in [9.17, 15) is 15.0 Å². The molecule has 0 unspecified atom stereocenters. The molecular formula is C21H20O8. The number of phenols is 1. The van der Waals surface area contributed by atoms with Gasteiger partial charge in [0.05, 0.1) is 32.8 Å². The molecule has 1 aliphatic carbocycles. The average Bonchev–Trinajstić information content (AvgIpc) is 3.33. The van der Waals surface area contributed by atoms with Gasteiger partial charge < -0.3 is 33.9 Å². The van der Waals surface area contributed by atoms with Gasteiger partial charge in [-0.25, -0.2) is 0 Å². The number of phenolic OH excluding ortho intramolecular Hbond substituents is 1. The standard InChI is InChI=1S/C21H20O8/c1-25-16-4-9(3-13(22)20(16)26-2)17-10-5-14-15(29-8-28-14)6-11(10)19(23)12-7-27-21(24)18(12)17/h3-6,12,17-19,22-23H,7-8H2,1-2H3/t12-,17+,18-,19-/m0/s1. The predicted molar refractivity (Wildman–Crippen MR) is 98.5 cm³/mol. The van der Waals surface area contributed by atoms with Crippen LogP contribution in [0.25, 0.3) is 0 Å². The number of benzene rings is 2. The zero-order chi connectivity index (χ0) is 20.3. The summed E-state index contributed by atoms with van der Waals surface area (Å²) in [7, 11) is 2.92. The maximum atomic E-state index is 12.6. The van der Waals surface area contributed by atoms with Gasteiger partial charge in [-0.1, -0.05) is 0 Å². The predicted octanol–water partition coefficient (Wildman–Crippen LogP) is 2.11. The van der Waals surface area contributed by atoms with Gasteiger partial charge in [-0.3, -0.25) is 4.79 Å². The van der Waals surface area contributed by atoms with Crippen LogP contribution in [0.5, 0.6) is 28.7 Å². The minimum atomic E-state index is -0.874. The number of carbonyl (C=O) groups is 1. The highest BCUT2D eigenvalue weighted by Crippen LogP contribution is 2.55. The molecule has 0 amide bonds. The molecule has 2 aromatic rings. The van der Waals surface area contributed by atoms with Gasteiger partial charge in [-0.15, -0.1) is 0 Å². The van der Waals surface area contributed by atoms with Gasteiger partial charge in [0.15, 0.2) is 23.0 Å². The zero-order valence-electron chi connectivity index (χ0n) is 15.9. The highest BCUT2D eigenvalue weighted by molar-refractivity contribution is 5.79. The average molecular weight is 400 g/mol. The number of methoxy groups -OCH3 is 2. The molecule has 0 spiro atoms. The van der Waals surface area contributed by atoms with Crippen molar-refractivity contribution in [3.05, 3.63) is 41.0 Å². The van der Waals surface area contributed by atoms with Crippen molar-refractivity contribution in [3.8, 4) is 28.7 Å². The summed E-state index contributed by atoms with van der Waals surface area (Å²) < 4.78 is 26.9. The van der Waals surface area contributed by atoms with E-state index in [4.69, 9.17) is 23.7 Å². The number of fused-ring (bicyclic) bond motifs is 3. The van der Waals surface area contributed by atoms with Crippen molar-refractivity contribution in [3.63, 3.8) is 0 Å². The van der Waals surface area contributed by atoms with Crippen LogP contribution < -0.4 is 18.9 Å². The van der Waals surface area contributed by atoms with Gasteiger partial charge >= 0.3 is 5.97 Å². The lowest BCUT2D eigenvalue weighted by molar-refractivity contribution is -0.141. The van der Waals surface area contributed by atoms with Crippen LogP contribution in [0.3, 0.4) is 0 Å². The quantitative estimate of drug-likeness (QED) is 0.755. The van der Waals surface area contributed by atoms with Crippen LogP contribution in [0.1, 0.15) is 28.7 Å². The molecule has 0 aromatic heterocycles. The molecule has 8 nitrogen and oxygen atoms in total. The summed E-state index contributed by atoms with van der Waals surface area (Å²) >= 11 is 0. The third-order valence-corrected chi connectivity index (χ3v) is 5.99. The van der Waals surface area contributed by atoms with Gasteiger partial charge in [0.1, 0.15) is 0 Å². The molecule has 0 bridgehead atoms. The van der Waals surface area contributed by atoms with E-state index in [1.807, 2.05) is 0 Å². The number of ether oxygens (including phenoxy) is 5. The van der Waals surface area contributed by atoms with Crippen LogP contribution >= 0.6 is 0 Å². The number of hydrogen-bond acceptors (Lipinski definition) is 8. The van der Waals surface area contributed by atoms with E-state index in [0.29, 0.717) is 28.4 Å². The van der Waals surface area contributed by atoms with E-state index < -0.39 is 23.9 Å². The maximum Gasteiger partial charge on any atom is 0.310 e. The van der Waals surface area contributed by atoms with Gasteiger partial charge in [0.25, 0.3) is 0 Å². The second-order valence-corrected chi connectivity index (χ2v) is 7.35. The van der Waals surface area contributed by atoms with E-state index >= 15 is 0 Å². The highest BCUT2D eigenvalue weighted by Gasteiger charge is 2.52. The first-order valence-electron chi connectivity index (χ1n) is 9.26. The fourth-order valence-corrected chi connectivity index (χ4v) is 4.68. The Morgan fingerprint density at radius 3 is 2.41 bits per heavy atom. The second kappa shape index (κ2) is 6.45. The van der Waals surface area contributed by atoms with Crippen LogP contribution in [0, 0.1) is 11.8 Å². The molecule has 5 rings (SSSR count). The van der Waals surface area contributed by atoms with Crippen LogP contribution in [0.2, 0.25) is 0 Å². The van der Waals surface area contributed by atoms with Crippen LogP contribution in [-0.4, -0.2) is 43.8 Å². The Morgan fingerprint density at radius 2 is 1.72 bits per heavy atom. The molecule has 2 aromatic carbocycles. The molecule has 4 atom stereocenters. The monoisotopic (exact) mass is 400 g/mol. The maximum absolute atomic E-state index is 12.6. The number of carbonyl (C=O) groups excluding carboxylic acids is 1. The summed E-state index contributed by atoms with van der Waals surface area (Å²) in [5.74, 6) is -0.285. The largest absolute Gasteiger partial charge is 0.504 e. The molecule has 152 valence electrons. The van der Waals surface area contributed by atoms with Gasteiger partial charge in [-0.2, -0.15) is 0 Å². The Hall–Kier alpha value is -3.13. The summed E-state index contributed by atoms with van der Waals surface area (Å²) in [5, 5.41) is 21.4. The van der Waals surface area contributed by atoms with Crippen molar-refractivity contribution < 1.29 is 38.7 Å². The smallest absolute Gasteiger partial charge is 0.310 e. The van der Waals surface area contributed by atoms with Crippen molar-refractivity contribution in [2.45, 2.75) is 12.0 Å². The lowest BCUT2D eigenvalue weighted by Crippen LogP contribution is -2.34. The van der Waals surface area contributed by atoms with Crippen molar-refractivity contribution >= 4 is 5.97 Å². The van der Waals surface area contributed by atoms with E-state index in [1.54, 1.807) is 24.3 Å². The number of hydrogen-bond donors (Lipinski definition) is 2. The number of esters is 1. The molecule has 29 heavy (non-hydrogen) atoms. The fourth-order valence-electron chi connectivity index (χ4n) is 4.68. The zero-order valence-corrected chi connectivity index (χ0v) is 15.9. The Balaban J connectivity index is 1.74. The first kappa shape index (κ1) is 17.9. The first-order chi connectivity index (χ1) is 14.0. The molecular weight excluding hydrogens is 380 g/mol. The van der Waals surface area contributed by atoms with E-state index in [1.165, 1.54) is 14.2 Å². The van der Waals surface area contributed by atoms with Crippen molar-refractivity contribution in [2.24, 2.45) is 11.8 Å². The lowest BCUT2D eigenvalue weighted by atomic mass is 9.66. The molecule has 3 aliphatic rings. The van der Waals surface area contributed by atoms with Crippen LogP contribution in [0.15, 0.2) is 24.3 Å². The number of aliphatic hydroxyl groups excluding tert-OH is 1. The SMILES string of the molecule is COc1cc([C@@H]2c3cc4c(cc3[C@H](O)[C@H]3COC(=O)[C@H]23)OCO4)cc(O)c1OC. The third-order valence-electron chi connectivity index (χ3n) is 5.99. The third kappa shape index (κ3) is 2.52. The van der Waals surface area contributed by atoms with Crippen LogP contribution in [-0.2, 0) is 9.53 Å². The van der Waals surface area contributed by atoms with Gasteiger partial charge in [0.2, 0.25) is 12.5 Å². The van der Waals surface area contributed by atoms with E-state index in [-0.39, 0.29) is 30.9 Å². The van der Waals surface area contributed by atoms with E-state index in [0.717, 1.165) is 5.56 Å². The molecule has 2 heterocycles. The number of cyclic esters (lactones) is 1. The summed E-state index contributed by atoms with van der Waals surface area (Å²) in [6, 6.07) is 6.84. The molecule has 2 aliphatic heterocycles. The molecule has 0 radical (unpaired) electrons. The molecule has 0 saturated carbocycles. The molecule has 8 heteroatoms. The number of rotatable bonds is 3. The molecule has 2 N–H and O–H groups in total. The summed E-state index contributed by atoms with van der Waals surface area (Å²) in [6.07, 6.45) is -0.874. The number of aromatic hydroxyl groups is 1. The number of aliphatic hydroxyl groups is 1. The Bertz CT molecular complexity index is 1000. The van der Waals surface area contributed by atoms with Crippen molar-refractivity contribution in [1.82, 2.24) is 0 Å².